The molecule has 0 aliphatic rings. The summed E-state index contributed by atoms with van der Waals surface area (Å²) in [6.07, 6.45) is 3.67. The number of thiophene rings is 1. The Balaban J connectivity index is 1.48. The molecule has 3 aromatic heterocycles. The third-order valence-corrected chi connectivity index (χ3v) is 6.83. The van der Waals surface area contributed by atoms with E-state index in [-0.39, 0.29) is 0 Å². The molecule has 6 aromatic rings. The van der Waals surface area contributed by atoms with Gasteiger partial charge in [0.05, 0.1) is 11.4 Å². The minimum atomic E-state index is 0.769. The largest absolute Gasteiger partial charge is 0.264 e. The quantitative estimate of drug-likeness (QED) is 0.291. The summed E-state index contributed by atoms with van der Waals surface area (Å²) < 4.78 is 2.58. The van der Waals surface area contributed by atoms with E-state index in [2.05, 4.69) is 83.8 Å². The highest BCUT2D eigenvalue weighted by Gasteiger charge is 2.13. The van der Waals surface area contributed by atoms with Crippen molar-refractivity contribution in [3.63, 3.8) is 0 Å². The zero-order valence-electron chi connectivity index (χ0n) is 17.5. The molecule has 3 nitrogen and oxygen atoms in total. The van der Waals surface area contributed by atoms with Gasteiger partial charge < -0.3 is 0 Å². The van der Waals surface area contributed by atoms with Crippen LogP contribution < -0.4 is 0 Å². The van der Waals surface area contributed by atoms with Crippen LogP contribution in [0.5, 0.6) is 0 Å². The first-order chi connectivity index (χ1) is 15.8. The third kappa shape index (κ3) is 3.26. The normalized spacial score (nSPS) is 11.3. The van der Waals surface area contributed by atoms with Gasteiger partial charge in [0.2, 0.25) is 0 Å². The number of hydrogen-bond donors (Lipinski definition) is 0. The van der Waals surface area contributed by atoms with Gasteiger partial charge in [0.1, 0.15) is 5.82 Å². The van der Waals surface area contributed by atoms with Gasteiger partial charge in [-0.25, -0.2) is 9.97 Å². The minimum absolute atomic E-state index is 0.769. The van der Waals surface area contributed by atoms with Crippen molar-refractivity contribution in [3.8, 4) is 33.6 Å². The Morgan fingerprint density at radius 3 is 2.28 bits per heavy atom. The van der Waals surface area contributed by atoms with Crippen LogP contribution in [-0.2, 0) is 0 Å². The number of benzene rings is 3. The molecule has 4 heteroatoms. The van der Waals surface area contributed by atoms with Gasteiger partial charge in [-0.15, -0.1) is 11.3 Å². The fourth-order valence-corrected chi connectivity index (χ4v) is 5.34. The first-order valence-corrected chi connectivity index (χ1v) is 11.3. The SMILES string of the molecule is Cc1nc(-c2ccc(-c3cccnc3)cc2)cc(-c2cccc3sc4ccccc4c23)n1. The maximum absolute atomic E-state index is 4.82. The van der Waals surface area contributed by atoms with Gasteiger partial charge in [0, 0.05) is 43.7 Å². The summed E-state index contributed by atoms with van der Waals surface area (Å²) in [5.41, 5.74) is 6.36. The molecule has 0 saturated heterocycles. The molecule has 0 atom stereocenters. The molecule has 0 unspecified atom stereocenters. The average molecular weight is 430 g/mol. The molecule has 0 fully saturated rings. The number of aromatic nitrogens is 3. The lowest BCUT2D eigenvalue weighted by Crippen LogP contribution is -1.95. The number of rotatable bonds is 3. The zero-order valence-corrected chi connectivity index (χ0v) is 18.3. The highest BCUT2D eigenvalue weighted by atomic mass is 32.1. The molecule has 0 aliphatic heterocycles. The van der Waals surface area contributed by atoms with Crippen molar-refractivity contribution < 1.29 is 0 Å². The number of hydrogen-bond acceptors (Lipinski definition) is 4. The van der Waals surface area contributed by atoms with Crippen LogP contribution in [0.4, 0.5) is 0 Å². The molecule has 0 radical (unpaired) electrons. The van der Waals surface area contributed by atoms with Gasteiger partial charge in [-0.3, -0.25) is 4.98 Å². The summed E-state index contributed by atoms with van der Waals surface area (Å²) in [5, 5.41) is 2.55. The predicted molar refractivity (Wildman–Crippen MR) is 134 cm³/mol. The maximum atomic E-state index is 4.82. The van der Waals surface area contributed by atoms with Crippen molar-refractivity contribution in [1.29, 1.82) is 0 Å². The Bertz CT molecular complexity index is 1570. The Morgan fingerprint density at radius 2 is 1.44 bits per heavy atom. The van der Waals surface area contributed by atoms with Crippen LogP contribution in [0.3, 0.4) is 0 Å². The van der Waals surface area contributed by atoms with Crippen LogP contribution in [0.25, 0.3) is 53.8 Å². The van der Waals surface area contributed by atoms with Crippen molar-refractivity contribution in [3.05, 3.63) is 103 Å². The van der Waals surface area contributed by atoms with Gasteiger partial charge in [0.15, 0.2) is 0 Å². The molecule has 3 aromatic carbocycles. The molecule has 0 spiro atoms. The second kappa shape index (κ2) is 7.66. The Kier molecular flexibility index (Phi) is 4.51. The molecule has 3 heterocycles. The first kappa shape index (κ1) is 18.8. The van der Waals surface area contributed by atoms with Gasteiger partial charge in [-0.2, -0.15) is 0 Å². The fourth-order valence-electron chi connectivity index (χ4n) is 4.21. The number of fused-ring (bicyclic) bond motifs is 3. The molecule has 32 heavy (non-hydrogen) atoms. The van der Waals surface area contributed by atoms with Crippen LogP contribution >= 0.6 is 11.3 Å². The van der Waals surface area contributed by atoms with Crippen LogP contribution in [0.2, 0.25) is 0 Å². The average Bonchev–Trinajstić information content (AvgIpc) is 3.23. The summed E-state index contributed by atoms with van der Waals surface area (Å²) in [7, 11) is 0. The highest BCUT2D eigenvalue weighted by molar-refractivity contribution is 7.25. The summed E-state index contributed by atoms with van der Waals surface area (Å²) in [6, 6.07) is 29.7. The molecule has 0 saturated carbocycles. The van der Waals surface area contributed by atoms with Gasteiger partial charge >= 0.3 is 0 Å². The first-order valence-electron chi connectivity index (χ1n) is 10.5. The summed E-state index contributed by atoms with van der Waals surface area (Å²) >= 11 is 1.83. The van der Waals surface area contributed by atoms with Crippen LogP contribution in [0.1, 0.15) is 5.82 Å². The van der Waals surface area contributed by atoms with Gasteiger partial charge in [0.25, 0.3) is 0 Å². The lowest BCUT2D eigenvalue weighted by molar-refractivity contribution is 1.06. The number of aryl methyl sites for hydroxylation is 1. The fraction of sp³-hybridized carbons (Fsp3) is 0.0357. The molecule has 0 amide bonds. The number of pyridine rings is 1. The van der Waals surface area contributed by atoms with E-state index in [0.29, 0.717) is 0 Å². The smallest absolute Gasteiger partial charge is 0.126 e. The molecule has 6 rings (SSSR count). The Hall–Kier alpha value is -3.89. The molecule has 0 bridgehead atoms. The topological polar surface area (TPSA) is 38.7 Å². The summed E-state index contributed by atoms with van der Waals surface area (Å²) in [4.78, 5) is 13.8. The van der Waals surface area contributed by atoms with E-state index in [4.69, 9.17) is 9.97 Å². The predicted octanol–water partition coefficient (Wildman–Crippen LogP) is 7.55. The van der Waals surface area contributed by atoms with E-state index in [0.717, 1.165) is 39.5 Å². The van der Waals surface area contributed by atoms with E-state index in [1.807, 2.05) is 30.5 Å². The maximum Gasteiger partial charge on any atom is 0.126 e. The highest BCUT2D eigenvalue weighted by Crippen LogP contribution is 2.39. The van der Waals surface area contributed by atoms with Gasteiger partial charge in [-0.1, -0.05) is 60.7 Å². The lowest BCUT2D eigenvalue weighted by atomic mass is 10.0. The van der Waals surface area contributed by atoms with E-state index in [1.54, 1.807) is 6.20 Å². The van der Waals surface area contributed by atoms with E-state index in [9.17, 15) is 0 Å². The molecular weight excluding hydrogens is 410 g/mol. The minimum Gasteiger partial charge on any atom is -0.264 e. The second-order valence-electron chi connectivity index (χ2n) is 7.78. The van der Waals surface area contributed by atoms with E-state index >= 15 is 0 Å². The third-order valence-electron chi connectivity index (χ3n) is 5.69. The Morgan fingerprint density at radius 1 is 0.656 bits per heavy atom. The van der Waals surface area contributed by atoms with Crippen LogP contribution in [0.15, 0.2) is 97.3 Å². The molecule has 0 N–H and O–H groups in total. The molecule has 152 valence electrons. The lowest BCUT2D eigenvalue weighted by Gasteiger charge is -2.09. The van der Waals surface area contributed by atoms with Crippen molar-refractivity contribution in [2.24, 2.45) is 0 Å². The van der Waals surface area contributed by atoms with Gasteiger partial charge in [-0.05, 0) is 42.3 Å². The second-order valence-corrected chi connectivity index (χ2v) is 8.87. The van der Waals surface area contributed by atoms with Crippen molar-refractivity contribution >= 4 is 31.5 Å². The van der Waals surface area contributed by atoms with E-state index in [1.165, 1.54) is 20.2 Å². The summed E-state index contributed by atoms with van der Waals surface area (Å²) in [5.74, 6) is 0.769. The molecule has 0 aliphatic carbocycles. The van der Waals surface area contributed by atoms with Crippen molar-refractivity contribution in [1.82, 2.24) is 15.0 Å². The summed E-state index contributed by atoms with van der Waals surface area (Å²) in [6.45, 7) is 1.96. The van der Waals surface area contributed by atoms with Crippen molar-refractivity contribution in [2.45, 2.75) is 6.92 Å². The Labute approximate surface area is 190 Å². The van der Waals surface area contributed by atoms with Crippen LogP contribution in [-0.4, -0.2) is 15.0 Å². The number of nitrogens with zero attached hydrogens (tertiary/aromatic N) is 3. The van der Waals surface area contributed by atoms with Crippen molar-refractivity contribution in [2.75, 3.05) is 0 Å². The molecular formula is C28H19N3S. The zero-order chi connectivity index (χ0) is 21.5. The monoisotopic (exact) mass is 429 g/mol. The van der Waals surface area contributed by atoms with E-state index < -0.39 is 0 Å². The van der Waals surface area contributed by atoms with Crippen LogP contribution in [0, 0.1) is 6.92 Å². The standard InChI is InChI=1S/C28H19N3S/c1-18-30-24(20-13-11-19(12-14-20)21-6-5-15-29-17-21)16-25(31-18)22-8-4-10-27-28(22)23-7-2-3-9-26(23)32-27/h2-17H,1H3.